The molecular formula is C21H18F4N4O2S. The third-order valence-electron chi connectivity index (χ3n) is 5.63. The second-order valence-electron chi connectivity index (χ2n) is 7.72. The van der Waals surface area contributed by atoms with Gasteiger partial charge in [-0.15, -0.1) is 0 Å². The van der Waals surface area contributed by atoms with E-state index in [9.17, 15) is 31.2 Å². The Kier molecular flexibility index (Phi) is 5.46. The molecule has 168 valence electrons. The van der Waals surface area contributed by atoms with Gasteiger partial charge in [-0.1, -0.05) is 0 Å². The summed E-state index contributed by atoms with van der Waals surface area (Å²) in [5.41, 5.74) is 1.58. The van der Waals surface area contributed by atoms with Gasteiger partial charge in [0.05, 0.1) is 22.5 Å². The molecule has 0 spiro atoms. The number of fused-ring (bicyclic) bond motifs is 1. The highest BCUT2D eigenvalue weighted by atomic mass is 32.2. The van der Waals surface area contributed by atoms with E-state index in [0.29, 0.717) is 23.5 Å². The smallest absolute Gasteiger partial charge is 0.335 e. The molecule has 32 heavy (non-hydrogen) atoms. The van der Waals surface area contributed by atoms with Crippen LogP contribution in [0.1, 0.15) is 37.8 Å². The molecule has 3 aromatic rings. The van der Waals surface area contributed by atoms with Crippen LogP contribution in [0.3, 0.4) is 0 Å². The summed E-state index contributed by atoms with van der Waals surface area (Å²) in [6.07, 6.45) is -1.05. The Morgan fingerprint density at radius 2 is 1.97 bits per heavy atom. The molecule has 1 N–H and O–H groups in total. The molecule has 1 aromatic carbocycles. The van der Waals surface area contributed by atoms with Gasteiger partial charge in [0.25, 0.3) is 0 Å². The molecule has 6 nitrogen and oxygen atoms in total. The summed E-state index contributed by atoms with van der Waals surface area (Å²) in [5.74, 6) is -0.495. The van der Waals surface area contributed by atoms with Crippen molar-refractivity contribution in [3.8, 4) is 17.5 Å². The van der Waals surface area contributed by atoms with Gasteiger partial charge in [0.1, 0.15) is 22.8 Å². The SMILES string of the molecule is C[C@H](NS(=O)(=O)c1ccc(-c2c(C#N)c3cc(F)ccc3n2C2CCC2)nc1)C(F)(F)F. The van der Waals surface area contributed by atoms with Crippen LogP contribution in [-0.2, 0) is 10.0 Å². The van der Waals surface area contributed by atoms with Crippen LogP contribution in [0.4, 0.5) is 17.6 Å². The van der Waals surface area contributed by atoms with E-state index < -0.39 is 33.0 Å². The molecule has 0 radical (unpaired) electrons. The van der Waals surface area contributed by atoms with Crippen LogP contribution in [0.2, 0.25) is 0 Å². The molecular weight excluding hydrogens is 448 g/mol. The topological polar surface area (TPSA) is 87.8 Å². The Labute approximate surface area is 181 Å². The number of halogens is 4. The number of nitriles is 1. The van der Waals surface area contributed by atoms with Gasteiger partial charge in [-0.3, -0.25) is 4.98 Å². The predicted molar refractivity (Wildman–Crippen MR) is 109 cm³/mol. The fourth-order valence-electron chi connectivity index (χ4n) is 3.72. The van der Waals surface area contributed by atoms with E-state index in [1.54, 1.807) is 10.8 Å². The quantitative estimate of drug-likeness (QED) is 0.554. The van der Waals surface area contributed by atoms with E-state index in [0.717, 1.165) is 31.5 Å². The summed E-state index contributed by atoms with van der Waals surface area (Å²) in [5, 5.41) is 10.2. The first kappa shape index (κ1) is 22.2. The zero-order chi connectivity index (χ0) is 23.3. The van der Waals surface area contributed by atoms with Crippen LogP contribution < -0.4 is 4.72 Å². The summed E-state index contributed by atoms with van der Waals surface area (Å²) < 4.78 is 80.3. The van der Waals surface area contributed by atoms with Crippen molar-refractivity contribution in [1.29, 1.82) is 5.26 Å². The zero-order valence-electron chi connectivity index (χ0n) is 16.8. The number of benzene rings is 1. The molecule has 1 aliphatic carbocycles. The average Bonchev–Trinajstić information content (AvgIpc) is 2.99. The molecule has 0 unspecified atom stereocenters. The molecule has 0 saturated heterocycles. The molecule has 4 rings (SSSR count). The van der Waals surface area contributed by atoms with Gasteiger partial charge in [0.15, 0.2) is 0 Å². The normalized spacial score (nSPS) is 16.0. The molecule has 1 fully saturated rings. The summed E-state index contributed by atoms with van der Waals surface area (Å²) >= 11 is 0. The minimum Gasteiger partial charge on any atom is -0.335 e. The molecule has 0 bridgehead atoms. The number of alkyl halides is 3. The largest absolute Gasteiger partial charge is 0.404 e. The Hall–Kier alpha value is -2.97. The molecule has 2 aromatic heterocycles. The molecule has 1 aliphatic rings. The average molecular weight is 466 g/mol. The second-order valence-corrected chi connectivity index (χ2v) is 9.43. The zero-order valence-corrected chi connectivity index (χ0v) is 17.6. The number of nitrogens with zero attached hydrogens (tertiary/aromatic N) is 3. The molecule has 1 atom stereocenters. The van der Waals surface area contributed by atoms with Gasteiger partial charge in [-0.25, -0.2) is 12.8 Å². The first-order chi connectivity index (χ1) is 15.0. The number of hydrogen-bond acceptors (Lipinski definition) is 4. The van der Waals surface area contributed by atoms with Gasteiger partial charge < -0.3 is 4.57 Å². The predicted octanol–water partition coefficient (Wildman–Crippen LogP) is 4.67. The molecule has 1 saturated carbocycles. The van der Waals surface area contributed by atoms with Gasteiger partial charge in [-0.2, -0.15) is 23.2 Å². The van der Waals surface area contributed by atoms with Crippen molar-refractivity contribution >= 4 is 20.9 Å². The summed E-state index contributed by atoms with van der Waals surface area (Å²) in [7, 11) is -4.46. The molecule has 2 heterocycles. The van der Waals surface area contributed by atoms with Crippen molar-refractivity contribution in [1.82, 2.24) is 14.3 Å². The number of rotatable bonds is 5. The lowest BCUT2D eigenvalue weighted by Crippen LogP contribution is -2.42. The lowest BCUT2D eigenvalue weighted by atomic mass is 9.92. The fourth-order valence-corrected chi connectivity index (χ4v) is 4.90. The van der Waals surface area contributed by atoms with Gasteiger partial charge in [-0.05, 0) is 56.5 Å². The maximum Gasteiger partial charge on any atom is 0.404 e. The van der Waals surface area contributed by atoms with Crippen LogP contribution in [0, 0.1) is 17.1 Å². The van der Waals surface area contributed by atoms with Crippen molar-refractivity contribution in [2.75, 3.05) is 0 Å². The Morgan fingerprint density at radius 3 is 2.50 bits per heavy atom. The minimum absolute atomic E-state index is 0.0829. The Balaban J connectivity index is 1.80. The van der Waals surface area contributed by atoms with Crippen molar-refractivity contribution in [3.05, 3.63) is 47.9 Å². The van der Waals surface area contributed by atoms with Crippen molar-refractivity contribution in [2.24, 2.45) is 0 Å². The number of aromatic nitrogens is 2. The van der Waals surface area contributed by atoms with Crippen LogP contribution in [0.15, 0.2) is 41.4 Å². The van der Waals surface area contributed by atoms with Gasteiger partial charge in [0, 0.05) is 17.6 Å². The van der Waals surface area contributed by atoms with Crippen molar-refractivity contribution in [3.63, 3.8) is 0 Å². The Morgan fingerprint density at radius 1 is 1.25 bits per heavy atom. The van der Waals surface area contributed by atoms with Crippen molar-refractivity contribution in [2.45, 2.75) is 49.3 Å². The first-order valence-electron chi connectivity index (χ1n) is 9.82. The maximum atomic E-state index is 13.9. The monoisotopic (exact) mass is 466 g/mol. The second kappa shape index (κ2) is 7.86. The minimum atomic E-state index is -4.73. The number of hydrogen-bond donors (Lipinski definition) is 1. The third-order valence-corrected chi connectivity index (χ3v) is 7.15. The van der Waals surface area contributed by atoms with E-state index in [2.05, 4.69) is 11.1 Å². The summed E-state index contributed by atoms with van der Waals surface area (Å²) in [6.45, 7) is 0.703. The highest BCUT2D eigenvalue weighted by molar-refractivity contribution is 7.89. The highest BCUT2D eigenvalue weighted by Crippen LogP contribution is 2.42. The number of nitrogens with one attached hydrogen (secondary N) is 1. The van der Waals surface area contributed by atoms with Crippen LogP contribution in [0.25, 0.3) is 22.3 Å². The summed E-state index contributed by atoms with van der Waals surface area (Å²) in [4.78, 5) is 3.71. The number of pyridine rings is 1. The molecule has 0 amide bonds. The highest BCUT2D eigenvalue weighted by Gasteiger charge is 2.39. The maximum absolute atomic E-state index is 13.9. The lowest BCUT2D eigenvalue weighted by Gasteiger charge is -2.30. The van der Waals surface area contributed by atoms with Crippen LogP contribution >= 0.6 is 0 Å². The Bertz CT molecular complexity index is 1320. The van der Waals surface area contributed by atoms with Gasteiger partial charge >= 0.3 is 6.18 Å². The molecule has 11 heteroatoms. The van der Waals surface area contributed by atoms with Crippen LogP contribution in [-0.4, -0.2) is 30.2 Å². The first-order valence-corrected chi connectivity index (χ1v) is 11.3. The lowest BCUT2D eigenvalue weighted by molar-refractivity contribution is -0.147. The van der Waals surface area contributed by atoms with E-state index in [-0.39, 0.29) is 17.3 Å². The van der Waals surface area contributed by atoms with E-state index in [4.69, 9.17) is 0 Å². The molecule has 0 aliphatic heterocycles. The third kappa shape index (κ3) is 3.84. The van der Waals surface area contributed by atoms with E-state index in [1.165, 1.54) is 18.2 Å². The van der Waals surface area contributed by atoms with Crippen molar-refractivity contribution < 1.29 is 26.0 Å². The summed E-state index contributed by atoms with van der Waals surface area (Å²) in [6, 6.07) is 6.55. The van der Waals surface area contributed by atoms with Crippen LogP contribution in [0.5, 0.6) is 0 Å². The van der Waals surface area contributed by atoms with Gasteiger partial charge in [0.2, 0.25) is 10.0 Å². The number of sulfonamides is 1. The standard InChI is InChI=1S/C21H18F4N4O2S/c1-12(21(23,24)25)28-32(30,31)15-6-7-18(27-11-15)20-17(10-26)16-9-13(22)5-8-19(16)29(20)14-3-2-4-14/h5-9,11-12,14,28H,2-4H2,1H3/t12-/m0/s1. The van der Waals surface area contributed by atoms with E-state index >= 15 is 0 Å². The van der Waals surface area contributed by atoms with E-state index in [1.807, 2.05) is 4.57 Å². The fraction of sp³-hybridized carbons (Fsp3) is 0.333.